The van der Waals surface area contributed by atoms with Crippen molar-refractivity contribution in [1.29, 1.82) is 0 Å². The van der Waals surface area contributed by atoms with Gasteiger partial charge in [-0.2, -0.15) is 5.10 Å². The molecule has 0 spiro atoms. The zero-order valence-corrected chi connectivity index (χ0v) is 12.1. The van der Waals surface area contributed by atoms with Crippen LogP contribution in [0.3, 0.4) is 0 Å². The first-order chi connectivity index (χ1) is 8.52. The van der Waals surface area contributed by atoms with E-state index in [2.05, 4.69) is 5.10 Å². The maximum absolute atomic E-state index is 12.1. The maximum atomic E-state index is 12.1. The van der Waals surface area contributed by atoms with Crippen LogP contribution < -0.4 is 0 Å². The minimum Gasteiger partial charge on any atom is -0.385 e. The molecule has 0 saturated heterocycles. The normalized spacial score (nSPS) is 12.2. The molecule has 0 aliphatic carbocycles. The topological polar surface area (TPSA) is 64.4 Å². The van der Waals surface area contributed by atoms with E-state index in [-0.39, 0.29) is 4.90 Å². The first-order valence-electron chi connectivity index (χ1n) is 5.56. The van der Waals surface area contributed by atoms with Gasteiger partial charge >= 0.3 is 0 Å². The second-order valence-corrected chi connectivity index (χ2v) is 6.22. The Kier molecular flexibility index (Phi) is 6.07. The lowest BCUT2D eigenvalue weighted by molar-refractivity contribution is 0.189. The van der Waals surface area contributed by atoms with Crippen molar-refractivity contribution < 1.29 is 13.2 Å². The molecule has 0 fully saturated rings. The molecule has 18 heavy (non-hydrogen) atoms. The van der Waals surface area contributed by atoms with Crippen LogP contribution >= 0.6 is 11.6 Å². The number of ether oxygens (including phenoxy) is 1. The van der Waals surface area contributed by atoms with Gasteiger partial charge in [-0.1, -0.05) is 0 Å². The Morgan fingerprint density at radius 2 is 2.28 bits per heavy atom. The van der Waals surface area contributed by atoms with Gasteiger partial charge in [0.1, 0.15) is 4.90 Å². The highest BCUT2D eigenvalue weighted by molar-refractivity contribution is 7.89. The molecule has 8 heteroatoms. The lowest BCUT2D eigenvalue weighted by Gasteiger charge is -2.15. The van der Waals surface area contributed by atoms with Gasteiger partial charge in [0.15, 0.2) is 0 Å². The van der Waals surface area contributed by atoms with Crippen molar-refractivity contribution in [3.63, 3.8) is 0 Å². The van der Waals surface area contributed by atoms with E-state index < -0.39 is 10.0 Å². The first-order valence-corrected chi connectivity index (χ1v) is 7.53. The number of methoxy groups -OCH3 is 1. The number of halogens is 1. The summed E-state index contributed by atoms with van der Waals surface area (Å²) in [5.41, 5.74) is 0. The Bertz CT molecular complexity index is 461. The molecular formula is C10H18ClN3O3S. The van der Waals surface area contributed by atoms with Crippen molar-refractivity contribution >= 4 is 21.6 Å². The lowest BCUT2D eigenvalue weighted by atomic mass is 10.5. The summed E-state index contributed by atoms with van der Waals surface area (Å²) in [4.78, 5) is 0.188. The third-order valence-electron chi connectivity index (χ3n) is 2.45. The van der Waals surface area contributed by atoms with E-state index in [0.717, 1.165) is 0 Å². The summed E-state index contributed by atoms with van der Waals surface area (Å²) in [5, 5.41) is 3.95. The zero-order chi connectivity index (χ0) is 13.6. The van der Waals surface area contributed by atoms with Crippen LogP contribution in [0.5, 0.6) is 0 Å². The highest BCUT2D eigenvalue weighted by atomic mass is 35.5. The summed E-state index contributed by atoms with van der Waals surface area (Å²) in [6.07, 6.45) is 3.49. The quantitative estimate of drug-likeness (QED) is 0.525. The first kappa shape index (κ1) is 15.4. The number of sulfonamides is 1. The molecule has 0 atom stereocenters. The molecule has 1 heterocycles. The van der Waals surface area contributed by atoms with Crippen molar-refractivity contribution in [3.05, 3.63) is 12.4 Å². The van der Waals surface area contributed by atoms with Gasteiger partial charge in [0, 0.05) is 39.4 Å². The molecule has 0 N–H and O–H groups in total. The van der Waals surface area contributed by atoms with Crippen LogP contribution in [0.1, 0.15) is 6.42 Å². The summed E-state index contributed by atoms with van der Waals surface area (Å²) >= 11 is 5.57. The maximum Gasteiger partial charge on any atom is 0.245 e. The Morgan fingerprint density at radius 1 is 1.56 bits per heavy atom. The molecule has 6 nitrogen and oxygen atoms in total. The van der Waals surface area contributed by atoms with E-state index in [1.54, 1.807) is 14.2 Å². The van der Waals surface area contributed by atoms with E-state index in [1.807, 2.05) is 0 Å². The molecule has 0 aliphatic rings. The Balaban J connectivity index is 2.71. The number of nitrogens with zero attached hydrogens (tertiary/aromatic N) is 3. The van der Waals surface area contributed by atoms with E-state index >= 15 is 0 Å². The number of alkyl halides is 1. The minimum atomic E-state index is -3.47. The smallest absolute Gasteiger partial charge is 0.245 e. The molecule has 0 aromatic carbocycles. The predicted octanol–water partition coefficient (Wildman–Crippen LogP) is 0.779. The van der Waals surface area contributed by atoms with Gasteiger partial charge in [-0.05, 0) is 6.42 Å². The number of rotatable bonds is 8. The fourth-order valence-corrected chi connectivity index (χ4v) is 2.76. The second kappa shape index (κ2) is 7.08. The fourth-order valence-electron chi connectivity index (χ4n) is 1.42. The molecule has 0 unspecified atom stereocenters. The molecule has 0 amide bonds. The Hall–Kier alpha value is -0.630. The second-order valence-electron chi connectivity index (χ2n) is 3.80. The molecule has 0 saturated carbocycles. The van der Waals surface area contributed by atoms with E-state index in [9.17, 15) is 8.42 Å². The third-order valence-corrected chi connectivity index (χ3v) is 4.43. The van der Waals surface area contributed by atoms with Gasteiger partial charge in [0.2, 0.25) is 10.0 Å². The highest BCUT2D eigenvalue weighted by Gasteiger charge is 2.21. The van der Waals surface area contributed by atoms with Crippen LogP contribution in [0, 0.1) is 0 Å². The van der Waals surface area contributed by atoms with Gasteiger partial charge < -0.3 is 4.74 Å². The lowest BCUT2D eigenvalue weighted by Crippen LogP contribution is -2.28. The average molecular weight is 296 g/mol. The van der Waals surface area contributed by atoms with Crippen LogP contribution in [0.25, 0.3) is 0 Å². The molecule has 1 aromatic rings. The molecule has 104 valence electrons. The van der Waals surface area contributed by atoms with Crippen LogP contribution in [0.15, 0.2) is 17.3 Å². The monoisotopic (exact) mass is 295 g/mol. The summed E-state index contributed by atoms with van der Waals surface area (Å²) in [5.74, 6) is 0.394. The van der Waals surface area contributed by atoms with E-state index in [4.69, 9.17) is 16.3 Å². The molecule has 1 aromatic heterocycles. The van der Waals surface area contributed by atoms with Gasteiger partial charge in [-0.25, -0.2) is 12.7 Å². The van der Waals surface area contributed by atoms with Crippen LogP contribution in [0.2, 0.25) is 0 Å². The Labute approximate surface area is 113 Å². The van der Waals surface area contributed by atoms with Gasteiger partial charge in [0.05, 0.1) is 12.7 Å². The Morgan fingerprint density at radius 3 is 2.89 bits per heavy atom. The third kappa shape index (κ3) is 3.94. The molecule has 0 bridgehead atoms. The van der Waals surface area contributed by atoms with E-state index in [1.165, 1.54) is 21.4 Å². The number of aromatic nitrogens is 2. The summed E-state index contributed by atoms with van der Waals surface area (Å²) < 4.78 is 32.0. The minimum absolute atomic E-state index is 0.188. The zero-order valence-electron chi connectivity index (χ0n) is 10.5. The highest BCUT2D eigenvalue weighted by Crippen LogP contribution is 2.13. The predicted molar refractivity (Wildman–Crippen MR) is 69.3 cm³/mol. The van der Waals surface area contributed by atoms with Gasteiger partial charge in [-0.3, -0.25) is 4.68 Å². The van der Waals surface area contributed by atoms with E-state index in [0.29, 0.717) is 32.0 Å². The number of hydrogen-bond acceptors (Lipinski definition) is 4. The van der Waals surface area contributed by atoms with Gasteiger partial charge in [-0.15, -0.1) is 11.6 Å². The average Bonchev–Trinajstić information content (AvgIpc) is 2.79. The molecule has 0 aliphatic heterocycles. The van der Waals surface area contributed by atoms with Crippen molar-refractivity contribution in [2.45, 2.75) is 17.9 Å². The summed E-state index contributed by atoms with van der Waals surface area (Å²) in [6, 6.07) is 0. The van der Waals surface area contributed by atoms with Crippen LogP contribution in [-0.2, 0) is 21.3 Å². The van der Waals surface area contributed by atoms with Crippen molar-refractivity contribution in [1.82, 2.24) is 14.1 Å². The fraction of sp³-hybridized carbons (Fsp3) is 0.700. The largest absolute Gasteiger partial charge is 0.385 e. The molecular weight excluding hydrogens is 278 g/mol. The standard InChI is InChI=1S/C10H18ClN3O3S/c1-13(5-3-7-17-2)18(15,16)10-8-12-14(9-10)6-4-11/h8-9H,3-7H2,1-2H3. The molecule has 0 radical (unpaired) electrons. The van der Waals surface area contributed by atoms with Gasteiger partial charge in [0.25, 0.3) is 0 Å². The van der Waals surface area contributed by atoms with Crippen LogP contribution in [0.4, 0.5) is 0 Å². The summed E-state index contributed by atoms with van der Waals surface area (Å²) in [6.45, 7) is 1.44. The SMILES string of the molecule is COCCCN(C)S(=O)(=O)c1cnn(CCCl)c1. The van der Waals surface area contributed by atoms with Crippen LogP contribution in [-0.4, -0.2) is 55.7 Å². The van der Waals surface area contributed by atoms with Crippen molar-refractivity contribution in [2.75, 3.05) is 33.2 Å². The van der Waals surface area contributed by atoms with Crippen molar-refractivity contribution in [2.24, 2.45) is 0 Å². The number of hydrogen-bond donors (Lipinski definition) is 0. The molecule has 1 rings (SSSR count). The number of aryl methyl sites for hydroxylation is 1. The summed E-state index contributed by atoms with van der Waals surface area (Å²) in [7, 11) is -0.332. The van der Waals surface area contributed by atoms with Crippen molar-refractivity contribution in [3.8, 4) is 0 Å².